The lowest BCUT2D eigenvalue weighted by molar-refractivity contribution is 0.234. The van der Waals surface area contributed by atoms with E-state index in [1.165, 1.54) is 4.48 Å². The lowest BCUT2D eigenvalue weighted by Crippen LogP contribution is -2.30. The molecule has 11 heavy (non-hydrogen) atoms. The maximum atomic E-state index is 8.61. The van der Waals surface area contributed by atoms with Crippen LogP contribution in [-0.4, -0.2) is 36.2 Å². The second-order valence-electron chi connectivity index (χ2n) is 2.79. The van der Waals surface area contributed by atoms with E-state index in [1.807, 2.05) is 0 Å². The van der Waals surface area contributed by atoms with Crippen LogP contribution in [-0.2, 0) is 0 Å². The maximum Gasteiger partial charge on any atom is 0.0443 e. The molecule has 0 aromatic rings. The first-order valence-electron chi connectivity index (χ1n) is 4.00. The molecule has 0 fully saturated rings. The van der Waals surface area contributed by atoms with E-state index in [4.69, 9.17) is 5.11 Å². The van der Waals surface area contributed by atoms with Crippen LogP contribution in [0.1, 0.15) is 12.8 Å². The SMILES string of the molecule is OCCCN1CCC=C(Br)C1. The molecule has 1 N–H and O–H groups in total. The average Bonchev–Trinajstić information content (AvgIpc) is 2.01. The molecule has 0 spiro atoms. The Hall–Kier alpha value is 0.140. The maximum absolute atomic E-state index is 8.61. The van der Waals surface area contributed by atoms with Crippen LogP contribution in [0.25, 0.3) is 0 Å². The van der Waals surface area contributed by atoms with Crippen LogP contribution in [0.15, 0.2) is 10.6 Å². The van der Waals surface area contributed by atoms with Crippen molar-refractivity contribution in [2.75, 3.05) is 26.2 Å². The van der Waals surface area contributed by atoms with Gasteiger partial charge in [-0.2, -0.15) is 0 Å². The molecule has 0 aliphatic carbocycles. The number of hydrogen-bond acceptors (Lipinski definition) is 2. The Kier molecular flexibility index (Phi) is 4.12. The Morgan fingerprint density at radius 1 is 1.64 bits per heavy atom. The van der Waals surface area contributed by atoms with E-state index < -0.39 is 0 Å². The van der Waals surface area contributed by atoms with Crippen LogP contribution in [0.2, 0.25) is 0 Å². The Morgan fingerprint density at radius 3 is 3.09 bits per heavy atom. The molecule has 2 nitrogen and oxygen atoms in total. The van der Waals surface area contributed by atoms with Crippen LogP contribution in [0, 0.1) is 0 Å². The van der Waals surface area contributed by atoms with Crippen LogP contribution >= 0.6 is 15.9 Å². The molecule has 0 radical (unpaired) electrons. The fraction of sp³-hybridized carbons (Fsp3) is 0.750. The predicted octanol–water partition coefficient (Wildman–Crippen LogP) is 1.35. The number of hydrogen-bond donors (Lipinski definition) is 1. The van der Waals surface area contributed by atoms with Crippen molar-refractivity contribution in [1.29, 1.82) is 0 Å². The molecular formula is C8H14BrNO. The largest absolute Gasteiger partial charge is 0.396 e. The molecule has 1 aliphatic heterocycles. The highest BCUT2D eigenvalue weighted by Crippen LogP contribution is 2.14. The van der Waals surface area contributed by atoms with Gasteiger partial charge in [0.05, 0.1) is 0 Å². The van der Waals surface area contributed by atoms with E-state index >= 15 is 0 Å². The highest BCUT2D eigenvalue weighted by atomic mass is 79.9. The summed E-state index contributed by atoms with van der Waals surface area (Å²) in [7, 11) is 0. The van der Waals surface area contributed by atoms with Crippen molar-refractivity contribution in [2.45, 2.75) is 12.8 Å². The van der Waals surface area contributed by atoms with Gasteiger partial charge in [0, 0.05) is 30.7 Å². The molecule has 0 unspecified atom stereocenters. The van der Waals surface area contributed by atoms with Gasteiger partial charge in [0.15, 0.2) is 0 Å². The van der Waals surface area contributed by atoms with Crippen molar-refractivity contribution in [3.63, 3.8) is 0 Å². The normalized spacial score (nSPS) is 20.0. The monoisotopic (exact) mass is 219 g/mol. The molecule has 0 amide bonds. The van der Waals surface area contributed by atoms with Crippen molar-refractivity contribution >= 4 is 15.9 Å². The molecule has 64 valence electrons. The van der Waals surface area contributed by atoms with E-state index in [2.05, 4.69) is 26.9 Å². The van der Waals surface area contributed by atoms with Crippen LogP contribution < -0.4 is 0 Å². The van der Waals surface area contributed by atoms with Gasteiger partial charge >= 0.3 is 0 Å². The first kappa shape index (κ1) is 9.23. The summed E-state index contributed by atoms with van der Waals surface area (Å²) in [5, 5.41) is 8.61. The number of nitrogens with zero attached hydrogens (tertiary/aromatic N) is 1. The zero-order valence-corrected chi connectivity index (χ0v) is 8.18. The molecule has 0 aromatic heterocycles. The topological polar surface area (TPSA) is 23.5 Å². The summed E-state index contributed by atoms with van der Waals surface area (Å²) < 4.78 is 1.28. The molecule has 1 heterocycles. The van der Waals surface area contributed by atoms with Gasteiger partial charge in [-0.1, -0.05) is 22.0 Å². The molecule has 0 saturated heterocycles. The van der Waals surface area contributed by atoms with E-state index in [0.717, 1.165) is 32.5 Å². The second-order valence-corrected chi connectivity index (χ2v) is 3.81. The minimum absolute atomic E-state index is 0.303. The average molecular weight is 220 g/mol. The van der Waals surface area contributed by atoms with E-state index in [9.17, 15) is 0 Å². The van der Waals surface area contributed by atoms with E-state index in [1.54, 1.807) is 0 Å². The van der Waals surface area contributed by atoms with Crippen molar-refractivity contribution in [2.24, 2.45) is 0 Å². The Labute approximate surface area is 76.0 Å². The van der Waals surface area contributed by atoms with Crippen LogP contribution in [0.4, 0.5) is 0 Å². The Balaban J connectivity index is 2.21. The fourth-order valence-electron chi connectivity index (χ4n) is 1.25. The van der Waals surface area contributed by atoms with Gasteiger partial charge < -0.3 is 5.11 Å². The Morgan fingerprint density at radius 2 is 2.45 bits per heavy atom. The first-order valence-corrected chi connectivity index (χ1v) is 4.80. The van der Waals surface area contributed by atoms with Crippen molar-refractivity contribution in [1.82, 2.24) is 4.90 Å². The van der Waals surface area contributed by atoms with Crippen molar-refractivity contribution < 1.29 is 5.11 Å². The molecule has 0 atom stereocenters. The van der Waals surface area contributed by atoms with Gasteiger partial charge in [0.2, 0.25) is 0 Å². The third-order valence-corrected chi connectivity index (χ3v) is 2.39. The molecule has 1 aliphatic rings. The minimum atomic E-state index is 0.303. The highest BCUT2D eigenvalue weighted by molar-refractivity contribution is 9.11. The number of aliphatic hydroxyl groups is 1. The summed E-state index contributed by atoms with van der Waals surface area (Å²) in [6, 6.07) is 0. The predicted molar refractivity (Wildman–Crippen MR) is 49.8 cm³/mol. The molecule has 3 heteroatoms. The van der Waals surface area contributed by atoms with Crippen LogP contribution in [0.5, 0.6) is 0 Å². The van der Waals surface area contributed by atoms with Gasteiger partial charge in [-0.15, -0.1) is 0 Å². The van der Waals surface area contributed by atoms with Gasteiger partial charge in [0.25, 0.3) is 0 Å². The first-order chi connectivity index (χ1) is 5.33. The van der Waals surface area contributed by atoms with Gasteiger partial charge in [-0.05, 0) is 12.8 Å². The second kappa shape index (κ2) is 4.91. The third-order valence-electron chi connectivity index (χ3n) is 1.82. The smallest absolute Gasteiger partial charge is 0.0443 e. The van der Waals surface area contributed by atoms with Gasteiger partial charge in [0.1, 0.15) is 0 Å². The Bertz CT molecular complexity index is 147. The zero-order valence-electron chi connectivity index (χ0n) is 6.59. The molecule has 1 rings (SSSR count). The molecule has 0 bridgehead atoms. The summed E-state index contributed by atoms with van der Waals surface area (Å²) in [5.74, 6) is 0. The zero-order chi connectivity index (χ0) is 8.10. The summed E-state index contributed by atoms with van der Waals surface area (Å²) in [4.78, 5) is 2.35. The quantitative estimate of drug-likeness (QED) is 0.776. The lowest BCUT2D eigenvalue weighted by Gasteiger charge is -2.24. The van der Waals surface area contributed by atoms with Crippen LogP contribution in [0.3, 0.4) is 0 Å². The van der Waals surface area contributed by atoms with Crippen molar-refractivity contribution in [3.8, 4) is 0 Å². The van der Waals surface area contributed by atoms with Gasteiger partial charge in [-0.25, -0.2) is 0 Å². The summed E-state index contributed by atoms with van der Waals surface area (Å²) >= 11 is 3.48. The summed E-state index contributed by atoms with van der Waals surface area (Å²) in [6.45, 7) is 3.46. The summed E-state index contributed by atoms with van der Waals surface area (Å²) in [6.07, 6.45) is 4.24. The lowest BCUT2D eigenvalue weighted by atomic mass is 10.2. The van der Waals surface area contributed by atoms with E-state index in [-0.39, 0.29) is 0 Å². The number of rotatable bonds is 3. The molecular weight excluding hydrogens is 206 g/mol. The third kappa shape index (κ3) is 3.36. The standard InChI is InChI=1S/C8H14BrNO/c9-8-3-1-4-10(7-8)5-2-6-11/h3,11H,1-2,4-7H2. The molecule has 0 saturated carbocycles. The fourth-order valence-corrected chi connectivity index (χ4v) is 1.83. The molecule has 0 aromatic carbocycles. The van der Waals surface area contributed by atoms with Crippen molar-refractivity contribution in [3.05, 3.63) is 10.6 Å². The van der Waals surface area contributed by atoms with E-state index in [0.29, 0.717) is 6.61 Å². The van der Waals surface area contributed by atoms with Gasteiger partial charge in [-0.3, -0.25) is 4.90 Å². The highest BCUT2D eigenvalue weighted by Gasteiger charge is 2.09. The number of halogens is 1. The minimum Gasteiger partial charge on any atom is -0.396 e. The summed E-state index contributed by atoms with van der Waals surface area (Å²) in [5.41, 5.74) is 0. The number of aliphatic hydroxyl groups excluding tert-OH is 1.